The summed E-state index contributed by atoms with van der Waals surface area (Å²) in [6, 6.07) is 14.9. The summed E-state index contributed by atoms with van der Waals surface area (Å²) in [6.45, 7) is 0. The number of amides is 1. The van der Waals surface area contributed by atoms with Gasteiger partial charge in [0.25, 0.3) is 15.9 Å². The molecule has 0 radical (unpaired) electrons. The van der Waals surface area contributed by atoms with E-state index in [0.29, 0.717) is 5.56 Å². The fourth-order valence-corrected chi connectivity index (χ4v) is 5.66. The van der Waals surface area contributed by atoms with E-state index in [1.807, 2.05) is 0 Å². The zero-order valence-corrected chi connectivity index (χ0v) is 18.4. The molecule has 0 bridgehead atoms. The predicted molar refractivity (Wildman–Crippen MR) is 119 cm³/mol. The van der Waals surface area contributed by atoms with Gasteiger partial charge in [-0.25, -0.2) is 31.1 Å². The lowest BCUT2D eigenvalue weighted by atomic mass is 10.0. The van der Waals surface area contributed by atoms with Crippen LogP contribution in [0.25, 0.3) is 0 Å². The van der Waals surface area contributed by atoms with Crippen LogP contribution in [0, 0.1) is 0 Å². The number of nitrogens with two attached hydrogens (primary N) is 1. The quantitative estimate of drug-likeness (QED) is 0.495. The third-order valence-electron chi connectivity index (χ3n) is 5.05. The minimum absolute atomic E-state index is 0.0261. The summed E-state index contributed by atoms with van der Waals surface area (Å²) in [4.78, 5) is 23.7. The number of primary sulfonamides is 1. The topological polar surface area (TPSA) is 164 Å². The number of nitrogens with one attached hydrogen (secondary N) is 1. The van der Waals surface area contributed by atoms with E-state index < -0.39 is 38.0 Å². The van der Waals surface area contributed by atoms with Crippen LogP contribution in [0.5, 0.6) is 0 Å². The van der Waals surface area contributed by atoms with E-state index in [-0.39, 0.29) is 26.7 Å². The Morgan fingerprint density at radius 3 is 2.09 bits per heavy atom. The van der Waals surface area contributed by atoms with E-state index in [4.69, 9.17) is 10.2 Å². The molecule has 0 saturated heterocycles. The summed E-state index contributed by atoms with van der Waals surface area (Å²) >= 11 is 0. The molecule has 1 amide bonds. The number of carboxylic acids is 1. The van der Waals surface area contributed by atoms with Crippen LogP contribution in [0.2, 0.25) is 0 Å². The van der Waals surface area contributed by atoms with E-state index in [1.54, 1.807) is 30.3 Å². The van der Waals surface area contributed by atoms with Crippen molar-refractivity contribution < 1.29 is 31.5 Å². The molecular formula is C21H17N3O7S2. The number of carbonyl (C=O) groups is 2. The summed E-state index contributed by atoms with van der Waals surface area (Å²) in [5.74, 6) is -1.93. The van der Waals surface area contributed by atoms with Gasteiger partial charge in [-0.05, 0) is 48.0 Å². The zero-order chi connectivity index (χ0) is 24.0. The van der Waals surface area contributed by atoms with Crippen molar-refractivity contribution in [2.24, 2.45) is 5.14 Å². The Morgan fingerprint density at radius 2 is 1.52 bits per heavy atom. The van der Waals surface area contributed by atoms with Crippen molar-refractivity contribution in [2.45, 2.75) is 15.8 Å². The third kappa shape index (κ3) is 4.06. The van der Waals surface area contributed by atoms with Gasteiger partial charge in [0.2, 0.25) is 10.0 Å². The van der Waals surface area contributed by atoms with Gasteiger partial charge in [0.15, 0.2) is 0 Å². The number of carboxylic acid groups (broad SMARTS) is 1. The van der Waals surface area contributed by atoms with Gasteiger partial charge in [0, 0.05) is 0 Å². The molecule has 0 spiro atoms. The fourth-order valence-electron chi connectivity index (χ4n) is 3.50. The number of nitrogens with zero attached hydrogens (tertiary/aromatic N) is 1. The SMILES string of the molecule is NS(=O)(=O)c1ccc2c(c1)NC(=O)C(c1ccccc1)N2S(=O)(=O)c1ccc(C(=O)O)cc1. The number of anilines is 2. The average molecular weight is 488 g/mol. The van der Waals surface area contributed by atoms with Gasteiger partial charge in [-0.1, -0.05) is 30.3 Å². The Balaban J connectivity index is 1.94. The number of rotatable bonds is 5. The van der Waals surface area contributed by atoms with Gasteiger partial charge in [0.1, 0.15) is 6.04 Å². The molecule has 0 aromatic heterocycles. The second-order valence-electron chi connectivity index (χ2n) is 7.16. The Hall–Kier alpha value is -3.74. The first kappa shape index (κ1) is 22.5. The minimum Gasteiger partial charge on any atom is -0.478 e. The number of carbonyl (C=O) groups excluding carboxylic acids is 1. The maximum Gasteiger partial charge on any atom is 0.335 e. The normalized spacial score (nSPS) is 16.1. The van der Waals surface area contributed by atoms with Crippen molar-refractivity contribution in [2.75, 3.05) is 9.62 Å². The molecule has 4 rings (SSSR count). The van der Waals surface area contributed by atoms with Gasteiger partial charge in [-0.3, -0.25) is 4.79 Å². The van der Waals surface area contributed by atoms with E-state index in [2.05, 4.69) is 5.32 Å². The smallest absolute Gasteiger partial charge is 0.335 e. The van der Waals surface area contributed by atoms with Crippen molar-refractivity contribution in [1.82, 2.24) is 0 Å². The fraction of sp³-hybridized carbons (Fsp3) is 0.0476. The number of fused-ring (bicyclic) bond motifs is 1. The molecule has 1 aliphatic rings. The Kier molecular flexibility index (Phi) is 5.44. The number of sulfonamides is 2. The third-order valence-corrected chi connectivity index (χ3v) is 7.75. The highest BCUT2D eigenvalue weighted by Gasteiger charge is 2.42. The standard InChI is InChI=1S/C21H17N3O7S2/c22-32(28,29)16-10-11-18-17(12-16)23-20(25)19(13-4-2-1-3-5-13)24(18)33(30,31)15-8-6-14(7-9-15)21(26)27/h1-12,19H,(H,23,25)(H,26,27)(H2,22,28,29). The van der Waals surface area contributed by atoms with Crippen LogP contribution in [-0.2, 0) is 24.8 Å². The van der Waals surface area contributed by atoms with E-state index in [9.17, 15) is 26.4 Å². The molecule has 3 aromatic rings. The monoisotopic (exact) mass is 487 g/mol. The zero-order valence-electron chi connectivity index (χ0n) is 16.7. The summed E-state index contributed by atoms with van der Waals surface area (Å²) in [7, 11) is -8.51. The molecule has 12 heteroatoms. The van der Waals surface area contributed by atoms with Crippen molar-refractivity contribution >= 4 is 43.3 Å². The van der Waals surface area contributed by atoms with Crippen LogP contribution in [-0.4, -0.2) is 33.8 Å². The molecular weight excluding hydrogens is 470 g/mol. The Morgan fingerprint density at radius 1 is 0.909 bits per heavy atom. The molecule has 1 heterocycles. The molecule has 1 atom stereocenters. The number of hydrogen-bond acceptors (Lipinski definition) is 6. The first-order valence-electron chi connectivity index (χ1n) is 9.40. The van der Waals surface area contributed by atoms with Crippen LogP contribution in [0.15, 0.2) is 82.6 Å². The molecule has 0 saturated carbocycles. The molecule has 1 unspecified atom stereocenters. The largest absolute Gasteiger partial charge is 0.478 e. The summed E-state index contributed by atoms with van der Waals surface area (Å²) < 4.78 is 51.8. The lowest BCUT2D eigenvalue weighted by Crippen LogP contribution is -2.45. The van der Waals surface area contributed by atoms with Gasteiger partial charge in [-0.2, -0.15) is 0 Å². The molecule has 3 aromatic carbocycles. The number of benzene rings is 3. The van der Waals surface area contributed by atoms with E-state index in [1.165, 1.54) is 6.07 Å². The van der Waals surface area contributed by atoms with Crippen LogP contribution in [0.3, 0.4) is 0 Å². The number of aromatic carboxylic acids is 1. The minimum atomic E-state index is -4.40. The second-order valence-corrected chi connectivity index (χ2v) is 10.5. The highest BCUT2D eigenvalue weighted by molar-refractivity contribution is 7.93. The summed E-state index contributed by atoms with van der Waals surface area (Å²) in [5, 5.41) is 16.8. The molecule has 170 valence electrons. The van der Waals surface area contributed by atoms with Crippen LogP contribution >= 0.6 is 0 Å². The summed E-state index contributed by atoms with van der Waals surface area (Å²) in [6.07, 6.45) is 0. The lowest BCUT2D eigenvalue weighted by molar-refractivity contribution is -0.117. The van der Waals surface area contributed by atoms with Gasteiger partial charge >= 0.3 is 5.97 Å². The lowest BCUT2D eigenvalue weighted by Gasteiger charge is -2.37. The summed E-state index contributed by atoms with van der Waals surface area (Å²) in [5.41, 5.74) is 0.243. The Bertz CT molecular complexity index is 1470. The van der Waals surface area contributed by atoms with Crippen LogP contribution in [0.4, 0.5) is 11.4 Å². The first-order chi connectivity index (χ1) is 15.5. The number of hydrogen-bond donors (Lipinski definition) is 3. The Labute approximate surface area is 189 Å². The van der Waals surface area contributed by atoms with E-state index in [0.717, 1.165) is 40.7 Å². The molecule has 4 N–H and O–H groups in total. The average Bonchev–Trinajstić information content (AvgIpc) is 2.77. The van der Waals surface area contributed by atoms with Crippen molar-refractivity contribution in [3.05, 3.63) is 83.9 Å². The van der Waals surface area contributed by atoms with Gasteiger partial charge < -0.3 is 10.4 Å². The molecule has 10 nitrogen and oxygen atoms in total. The van der Waals surface area contributed by atoms with E-state index >= 15 is 0 Å². The van der Waals surface area contributed by atoms with Crippen LogP contribution in [0.1, 0.15) is 22.0 Å². The van der Waals surface area contributed by atoms with Crippen molar-refractivity contribution in [1.29, 1.82) is 0 Å². The molecule has 0 fully saturated rings. The first-order valence-corrected chi connectivity index (χ1v) is 12.4. The molecule has 33 heavy (non-hydrogen) atoms. The maximum absolute atomic E-state index is 13.7. The molecule has 0 aliphatic carbocycles. The maximum atomic E-state index is 13.7. The van der Waals surface area contributed by atoms with Gasteiger partial charge in [0.05, 0.1) is 26.7 Å². The highest BCUT2D eigenvalue weighted by atomic mass is 32.2. The predicted octanol–water partition coefficient (Wildman–Crippen LogP) is 1.92. The molecule has 1 aliphatic heterocycles. The second kappa shape index (κ2) is 7.99. The highest BCUT2D eigenvalue weighted by Crippen LogP contribution is 2.42. The van der Waals surface area contributed by atoms with Gasteiger partial charge in [-0.15, -0.1) is 0 Å². The van der Waals surface area contributed by atoms with Crippen LogP contribution < -0.4 is 14.8 Å². The van der Waals surface area contributed by atoms with Crippen molar-refractivity contribution in [3.63, 3.8) is 0 Å². The van der Waals surface area contributed by atoms with Crippen molar-refractivity contribution in [3.8, 4) is 0 Å².